The zero-order valence-electron chi connectivity index (χ0n) is 17.9. The van der Waals surface area contributed by atoms with Crippen LogP contribution >= 0.6 is 0 Å². The summed E-state index contributed by atoms with van der Waals surface area (Å²) in [4.78, 5) is 35.9. The highest BCUT2D eigenvalue weighted by Gasteiger charge is 2.30. The second-order valence-corrected chi connectivity index (χ2v) is 8.25. The molecule has 0 spiro atoms. The molecule has 2 aromatic rings. The number of ether oxygens (including phenoxy) is 1. The van der Waals surface area contributed by atoms with Crippen LogP contribution in [0.25, 0.3) is 11.0 Å². The summed E-state index contributed by atoms with van der Waals surface area (Å²) in [6.07, 6.45) is 3.41. The lowest BCUT2D eigenvalue weighted by Crippen LogP contribution is -2.51. The van der Waals surface area contributed by atoms with Crippen molar-refractivity contribution in [3.8, 4) is 0 Å². The maximum Gasteiger partial charge on any atom is 0.254 e. The van der Waals surface area contributed by atoms with E-state index < -0.39 is 0 Å². The molecule has 0 saturated carbocycles. The van der Waals surface area contributed by atoms with Gasteiger partial charge in [0.1, 0.15) is 0 Å². The van der Waals surface area contributed by atoms with Crippen LogP contribution < -0.4 is 0 Å². The third kappa shape index (κ3) is 4.49. The molecule has 0 N–H and O–H groups in total. The van der Waals surface area contributed by atoms with Gasteiger partial charge in [0, 0.05) is 64.8 Å². The van der Waals surface area contributed by atoms with E-state index in [0.29, 0.717) is 25.2 Å². The van der Waals surface area contributed by atoms with Crippen LogP contribution in [0.3, 0.4) is 0 Å². The number of imidazole rings is 1. The molecular formula is C22H31N5O3. The van der Waals surface area contributed by atoms with Gasteiger partial charge in [-0.1, -0.05) is 0 Å². The van der Waals surface area contributed by atoms with E-state index in [0.717, 1.165) is 56.7 Å². The number of carbonyl (C=O) groups excluding carboxylic acids is 2. The van der Waals surface area contributed by atoms with Crippen molar-refractivity contribution in [3.63, 3.8) is 0 Å². The molecule has 162 valence electrons. The van der Waals surface area contributed by atoms with Gasteiger partial charge < -0.3 is 19.1 Å². The van der Waals surface area contributed by atoms with Gasteiger partial charge in [0.15, 0.2) is 0 Å². The standard InChI is InChI=1S/C22H31N5O3/c1-17(28)26-7-5-19(6-8-26)27(10-9-25-11-13-30-14-12-25)22(29)18-3-4-21-20(15-18)23-16-24(21)2/h3-4,15-16,19H,5-14H2,1-2H3. The first-order valence-corrected chi connectivity index (χ1v) is 10.8. The number of morpholine rings is 1. The number of fused-ring (bicyclic) bond motifs is 1. The van der Waals surface area contributed by atoms with Gasteiger partial charge in [-0.25, -0.2) is 4.98 Å². The van der Waals surface area contributed by atoms with Crippen LogP contribution in [0.2, 0.25) is 0 Å². The average molecular weight is 414 g/mol. The van der Waals surface area contributed by atoms with Gasteiger partial charge in [0.25, 0.3) is 5.91 Å². The molecule has 3 heterocycles. The Morgan fingerprint density at radius 1 is 1.17 bits per heavy atom. The maximum atomic E-state index is 13.6. The number of likely N-dealkylation sites (tertiary alicyclic amines) is 1. The average Bonchev–Trinajstić information content (AvgIpc) is 3.15. The molecule has 0 aliphatic carbocycles. The van der Waals surface area contributed by atoms with Gasteiger partial charge in [-0.15, -0.1) is 0 Å². The highest BCUT2D eigenvalue weighted by molar-refractivity contribution is 5.97. The lowest BCUT2D eigenvalue weighted by Gasteiger charge is -2.39. The third-order valence-corrected chi connectivity index (χ3v) is 6.34. The Labute approximate surface area is 177 Å². The molecule has 0 bridgehead atoms. The van der Waals surface area contributed by atoms with E-state index in [9.17, 15) is 9.59 Å². The van der Waals surface area contributed by atoms with Crippen LogP contribution in [0, 0.1) is 0 Å². The number of piperidine rings is 1. The Kier molecular flexibility index (Phi) is 6.34. The lowest BCUT2D eigenvalue weighted by atomic mass is 10.0. The van der Waals surface area contributed by atoms with Crippen molar-refractivity contribution in [2.75, 3.05) is 52.5 Å². The van der Waals surface area contributed by atoms with E-state index in [1.54, 1.807) is 13.3 Å². The fraction of sp³-hybridized carbons (Fsp3) is 0.591. The summed E-state index contributed by atoms with van der Waals surface area (Å²) in [5.41, 5.74) is 2.53. The number of hydrogen-bond acceptors (Lipinski definition) is 5. The van der Waals surface area contributed by atoms with Crippen LogP contribution in [-0.2, 0) is 16.6 Å². The van der Waals surface area contributed by atoms with Gasteiger partial charge in [-0.3, -0.25) is 14.5 Å². The third-order valence-electron chi connectivity index (χ3n) is 6.34. The van der Waals surface area contributed by atoms with Crippen molar-refractivity contribution in [1.29, 1.82) is 0 Å². The van der Waals surface area contributed by atoms with Crippen LogP contribution in [0.1, 0.15) is 30.1 Å². The molecule has 0 radical (unpaired) electrons. The number of rotatable bonds is 5. The number of nitrogens with zero attached hydrogens (tertiary/aromatic N) is 5. The minimum Gasteiger partial charge on any atom is -0.379 e. The smallest absolute Gasteiger partial charge is 0.254 e. The molecule has 2 amide bonds. The monoisotopic (exact) mass is 413 g/mol. The number of aromatic nitrogens is 2. The molecule has 1 aromatic carbocycles. The Bertz CT molecular complexity index is 897. The fourth-order valence-electron chi connectivity index (χ4n) is 4.45. The van der Waals surface area contributed by atoms with Gasteiger partial charge in [-0.05, 0) is 31.0 Å². The van der Waals surface area contributed by atoms with Gasteiger partial charge >= 0.3 is 0 Å². The predicted octanol–water partition coefficient (Wildman–Crippen LogP) is 1.36. The highest BCUT2D eigenvalue weighted by Crippen LogP contribution is 2.21. The summed E-state index contributed by atoms with van der Waals surface area (Å²) in [7, 11) is 1.95. The highest BCUT2D eigenvalue weighted by atomic mass is 16.5. The molecular weight excluding hydrogens is 382 g/mol. The van der Waals surface area contributed by atoms with Gasteiger partial charge in [0.2, 0.25) is 5.91 Å². The molecule has 2 aliphatic heterocycles. The molecule has 2 fully saturated rings. The Hall–Kier alpha value is -2.45. The van der Waals surface area contributed by atoms with Crippen molar-refractivity contribution in [1.82, 2.24) is 24.3 Å². The van der Waals surface area contributed by atoms with Crippen molar-refractivity contribution in [2.24, 2.45) is 7.05 Å². The summed E-state index contributed by atoms with van der Waals surface area (Å²) >= 11 is 0. The van der Waals surface area contributed by atoms with Crippen LogP contribution in [-0.4, -0.2) is 94.6 Å². The number of amides is 2. The zero-order valence-corrected chi connectivity index (χ0v) is 17.9. The minimum atomic E-state index is 0.0529. The minimum absolute atomic E-state index is 0.0529. The van der Waals surface area contributed by atoms with E-state index >= 15 is 0 Å². The molecule has 2 aliphatic rings. The summed E-state index contributed by atoms with van der Waals surface area (Å²) in [6.45, 7) is 7.88. The fourth-order valence-corrected chi connectivity index (χ4v) is 4.45. The Morgan fingerprint density at radius 3 is 2.60 bits per heavy atom. The lowest BCUT2D eigenvalue weighted by molar-refractivity contribution is -0.130. The summed E-state index contributed by atoms with van der Waals surface area (Å²) < 4.78 is 7.40. The van der Waals surface area contributed by atoms with Crippen LogP contribution in [0.4, 0.5) is 0 Å². The first-order chi connectivity index (χ1) is 14.5. The largest absolute Gasteiger partial charge is 0.379 e. The normalized spacial score (nSPS) is 18.7. The predicted molar refractivity (Wildman–Crippen MR) is 114 cm³/mol. The van der Waals surface area contributed by atoms with E-state index in [2.05, 4.69) is 9.88 Å². The second-order valence-electron chi connectivity index (χ2n) is 8.25. The van der Waals surface area contributed by atoms with E-state index in [1.165, 1.54) is 0 Å². The second kappa shape index (κ2) is 9.14. The van der Waals surface area contributed by atoms with Crippen LogP contribution in [0.5, 0.6) is 0 Å². The molecule has 30 heavy (non-hydrogen) atoms. The SMILES string of the molecule is CC(=O)N1CCC(N(CCN2CCOCC2)C(=O)c2ccc3c(c2)ncn3C)CC1. The van der Waals surface area contributed by atoms with Crippen molar-refractivity contribution in [2.45, 2.75) is 25.8 Å². The van der Waals surface area contributed by atoms with Gasteiger partial charge in [-0.2, -0.15) is 0 Å². The number of hydrogen-bond donors (Lipinski definition) is 0. The number of carbonyl (C=O) groups is 2. The molecule has 1 aromatic heterocycles. The van der Waals surface area contributed by atoms with Crippen molar-refractivity contribution < 1.29 is 14.3 Å². The van der Waals surface area contributed by atoms with Crippen molar-refractivity contribution in [3.05, 3.63) is 30.1 Å². The molecule has 0 unspecified atom stereocenters. The van der Waals surface area contributed by atoms with Crippen LogP contribution in [0.15, 0.2) is 24.5 Å². The number of benzene rings is 1. The summed E-state index contributed by atoms with van der Waals surface area (Å²) in [6, 6.07) is 5.91. The van der Waals surface area contributed by atoms with E-state index in [-0.39, 0.29) is 17.9 Å². The van der Waals surface area contributed by atoms with E-state index in [4.69, 9.17) is 4.74 Å². The summed E-state index contributed by atoms with van der Waals surface area (Å²) in [5.74, 6) is 0.164. The Morgan fingerprint density at radius 2 is 1.90 bits per heavy atom. The summed E-state index contributed by atoms with van der Waals surface area (Å²) in [5, 5.41) is 0. The Balaban J connectivity index is 1.51. The number of aryl methyl sites for hydroxylation is 1. The molecule has 2 saturated heterocycles. The van der Waals surface area contributed by atoms with E-state index in [1.807, 2.05) is 39.6 Å². The molecule has 8 nitrogen and oxygen atoms in total. The first-order valence-electron chi connectivity index (χ1n) is 10.8. The first kappa shape index (κ1) is 20.8. The zero-order chi connectivity index (χ0) is 21.1. The maximum absolute atomic E-state index is 13.6. The molecule has 4 rings (SSSR count). The molecule has 0 atom stereocenters. The van der Waals surface area contributed by atoms with Crippen molar-refractivity contribution >= 4 is 22.8 Å². The topological polar surface area (TPSA) is 70.9 Å². The molecule has 8 heteroatoms. The quantitative estimate of drug-likeness (QED) is 0.740. The van der Waals surface area contributed by atoms with Gasteiger partial charge in [0.05, 0.1) is 30.6 Å².